The van der Waals surface area contributed by atoms with E-state index < -0.39 is 30.1 Å². The second kappa shape index (κ2) is 6.02. The minimum atomic E-state index is -4.54. The number of nitrogens with zero attached hydrogens (tertiary/aromatic N) is 2. The van der Waals surface area contributed by atoms with E-state index in [-0.39, 0.29) is 18.7 Å². The molecule has 4 nitrogen and oxygen atoms in total. The number of aliphatic imine (C=N–C) groups is 1. The van der Waals surface area contributed by atoms with E-state index in [1.54, 1.807) is 0 Å². The van der Waals surface area contributed by atoms with E-state index in [9.17, 15) is 22.7 Å². The Balaban J connectivity index is 1.78. The lowest BCUT2D eigenvalue weighted by molar-refractivity contribution is -0.167. The molecule has 1 saturated carbocycles. The lowest BCUT2D eigenvalue weighted by Crippen LogP contribution is -2.55. The maximum absolute atomic E-state index is 14.1. The summed E-state index contributed by atoms with van der Waals surface area (Å²) in [5, 5.41) is 10.1. The van der Waals surface area contributed by atoms with Crippen molar-refractivity contribution in [1.82, 2.24) is 4.72 Å². The summed E-state index contributed by atoms with van der Waals surface area (Å²) in [6.45, 7) is 1.40. The maximum Gasteiger partial charge on any atom is 0.408 e. The van der Waals surface area contributed by atoms with Crippen molar-refractivity contribution in [2.75, 3.05) is 11.4 Å². The Bertz CT molecular complexity index is 761. The third-order valence-electron chi connectivity index (χ3n) is 5.07. The van der Waals surface area contributed by atoms with Gasteiger partial charge in [0.2, 0.25) is 0 Å². The number of fused-ring (bicyclic) bond motifs is 1. The molecule has 0 bridgehead atoms. The van der Waals surface area contributed by atoms with Gasteiger partial charge in [0.1, 0.15) is 23.4 Å². The number of alkyl halides is 3. The molecule has 26 heavy (non-hydrogen) atoms. The Kier molecular flexibility index (Phi) is 4.15. The monoisotopic (exact) mass is 389 g/mol. The molecule has 2 N–H and O–H groups in total. The minimum Gasteiger partial charge on any atom is -0.390 e. The van der Waals surface area contributed by atoms with Crippen LogP contribution in [0.4, 0.5) is 28.9 Å². The van der Waals surface area contributed by atoms with E-state index in [1.807, 2.05) is 0 Å². The number of halogens is 4. The van der Waals surface area contributed by atoms with Crippen molar-refractivity contribution in [2.45, 2.75) is 55.3 Å². The number of piperidine rings is 1. The van der Waals surface area contributed by atoms with E-state index in [4.69, 9.17) is 0 Å². The summed E-state index contributed by atoms with van der Waals surface area (Å²) in [5.41, 5.74) is -0.874. The van der Waals surface area contributed by atoms with Gasteiger partial charge in [-0.05, 0) is 50.3 Å². The molecule has 2 aliphatic heterocycles. The van der Waals surface area contributed by atoms with Crippen molar-refractivity contribution in [3.8, 4) is 0 Å². The van der Waals surface area contributed by atoms with Crippen LogP contribution in [0.3, 0.4) is 0 Å². The van der Waals surface area contributed by atoms with Gasteiger partial charge in [-0.3, -0.25) is 0 Å². The van der Waals surface area contributed by atoms with E-state index in [0.717, 1.165) is 29.6 Å². The lowest BCUT2D eigenvalue weighted by atomic mass is 9.87. The smallest absolute Gasteiger partial charge is 0.390 e. The number of hydrogen-bond donors (Lipinski definition) is 2. The Morgan fingerprint density at radius 2 is 2.08 bits per heavy atom. The summed E-state index contributed by atoms with van der Waals surface area (Å²) in [7, 11) is 0. The topological polar surface area (TPSA) is 47.9 Å². The first-order valence-electron chi connectivity index (χ1n) is 8.55. The van der Waals surface area contributed by atoms with Gasteiger partial charge in [0, 0.05) is 18.9 Å². The van der Waals surface area contributed by atoms with Crippen molar-refractivity contribution >= 4 is 29.2 Å². The number of amidine groups is 1. The number of rotatable bonds is 2. The van der Waals surface area contributed by atoms with Gasteiger partial charge in [-0.2, -0.15) is 13.2 Å². The molecule has 2 unspecified atom stereocenters. The van der Waals surface area contributed by atoms with E-state index in [0.29, 0.717) is 16.5 Å². The maximum atomic E-state index is 14.1. The summed E-state index contributed by atoms with van der Waals surface area (Å²) in [4.78, 5) is 6.15. The summed E-state index contributed by atoms with van der Waals surface area (Å²) in [6, 6.07) is 0.528. The van der Waals surface area contributed by atoms with Gasteiger partial charge in [-0.25, -0.2) is 9.38 Å². The van der Waals surface area contributed by atoms with Crippen LogP contribution in [0.25, 0.3) is 0 Å². The highest BCUT2D eigenvalue weighted by molar-refractivity contribution is 7.98. The minimum absolute atomic E-state index is 0.0144. The Morgan fingerprint density at radius 1 is 1.35 bits per heavy atom. The van der Waals surface area contributed by atoms with Gasteiger partial charge < -0.3 is 14.7 Å². The zero-order valence-electron chi connectivity index (χ0n) is 14.1. The molecular weight excluding hydrogens is 370 g/mol. The molecule has 3 aliphatic rings. The molecule has 0 amide bonds. The average molecular weight is 389 g/mol. The van der Waals surface area contributed by atoms with Crippen LogP contribution < -0.4 is 9.62 Å². The second-order valence-electron chi connectivity index (χ2n) is 7.45. The zero-order valence-corrected chi connectivity index (χ0v) is 14.9. The third kappa shape index (κ3) is 3.38. The van der Waals surface area contributed by atoms with Crippen LogP contribution >= 0.6 is 11.9 Å². The highest BCUT2D eigenvalue weighted by Crippen LogP contribution is 2.47. The van der Waals surface area contributed by atoms with Crippen molar-refractivity contribution < 1.29 is 22.7 Å². The molecule has 2 heterocycles. The first-order chi connectivity index (χ1) is 12.1. The lowest BCUT2D eigenvalue weighted by Gasteiger charge is -2.44. The Labute approximate surface area is 152 Å². The first-order valence-corrected chi connectivity index (χ1v) is 9.36. The van der Waals surface area contributed by atoms with E-state index >= 15 is 0 Å². The fourth-order valence-corrected chi connectivity index (χ4v) is 4.32. The van der Waals surface area contributed by atoms with Gasteiger partial charge in [-0.15, -0.1) is 0 Å². The molecule has 2 fully saturated rings. The van der Waals surface area contributed by atoms with Crippen LogP contribution in [0.1, 0.15) is 32.6 Å². The molecular formula is C17H19F4N3OS. The standard InChI is InChI=1S/C17H19F4N3OS/c1-16(25)4-5-24(13(8-16)17(19,20)21)11-6-10(18)7-12-14(11)22-15(23-26-12)9-2-3-9/h6-7,9,13,25H,2-5,8H2,1H3,(H,22,23). The van der Waals surface area contributed by atoms with E-state index in [2.05, 4.69) is 9.71 Å². The van der Waals surface area contributed by atoms with Gasteiger partial charge in [-0.1, -0.05) is 0 Å². The number of aliphatic hydroxyl groups is 1. The van der Waals surface area contributed by atoms with Gasteiger partial charge in [0.25, 0.3) is 0 Å². The SMILES string of the molecule is CC1(O)CCN(c2cc(F)cc3c2N=C(C2CC2)NS3)C(C(F)(F)F)C1. The zero-order chi connectivity index (χ0) is 18.7. The molecule has 2 atom stereocenters. The second-order valence-corrected chi connectivity index (χ2v) is 8.30. The van der Waals surface area contributed by atoms with Crippen LogP contribution in [0.5, 0.6) is 0 Å². The third-order valence-corrected chi connectivity index (χ3v) is 5.91. The Morgan fingerprint density at radius 3 is 2.73 bits per heavy atom. The normalized spacial score (nSPS) is 29.1. The van der Waals surface area contributed by atoms with Crippen LogP contribution in [0, 0.1) is 11.7 Å². The molecule has 4 rings (SSSR count). The number of benzene rings is 1. The largest absolute Gasteiger partial charge is 0.408 e. The fraction of sp³-hybridized carbons (Fsp3) is 0.588. The molecule has 0 aromatic heterocycles. The van der Waals surface area contributed by atoms with Crippen LogP contribution in [0.2, 0.25) is 0 Å². The summed E-state index contributed by atoms with van der Waals surface area (Å²) >= 11 is 1.19. The predicted molar refractivity (Wildman–Crippen MR) is 92.3 cm³/mol. The van der Waals surface area contributed by atoms with Gasteiger partial charge >= 0.3 is 6.18 Å². The number of anilines is 1. The summed E-state index contributed by atoms with van der Waals surface area (Å²) < 4.78 is 58.2. The molecule has 0 spiro atoms. The van der Waals surface area contributed by atoms with Crippen molar-refractivity contribution in [3.05, 3.63) is 17.9 Å². The van der Waals surface area contributed by atoms with Gasteiger partial charge in [0.05, 0.1) is 16.2 Å². The van der Waals surface area contributed by atoms with E-state index in [1.165, 1.54) is 24.9 Å². The number of nitrogens with one attached hydrogen (secondary N) is 1. The summed E-state index contributed by atoms with van der Waals surface area (Å²) in [5.74, 6) is 0.438. The molecule has 1 aromatic carbocycles. The van der Waals surface area contributed by atoms with Crippen LogP contribution in [-0.2, 0) is 0 Å². The van der Waals surface area contributed by atoms with Crippen molar-refractivity contribution in [2.24, 2.45) is 10.9 Å². The molecule has 1 saturated heterocycles. The van der Waals surface area contributed by atoms with Crippen molar-refractivity contribution in [1.29, 1.82) is 0 Å². The van der Waals surface area contributed by atoms with Crippen molar-refractivity contribution in [3.63, 3.8) is 0 Å². The Hall–Kier alpha value is -1.48. The van der Waals surface area contributed by atoms with Gasteiger partial charge in [0.15, 0.2) is 0 Å². The first kappa shape index (κ1) is 17.9. The fourth-order valence-electron chi connectivity index (χ4n) is 3.48. The summed E-state index contributed by atoms with van der Waals surface area (Å²) in [6.07, 6.45) is -2.82. The van der Waals surface area contributed by atoms with Crippen LogP contribution in [-0.4, -0.2) is 35.3 Å². The molecule has 1 aromatic rings. The number of hydrogen-bond acceptors (Lipinski definition) is 5. The molecule has 9 heteroatoms. The molecule has 142 valence electrons. The highest BCUT2D eigenvalue weighted by Gasteiger charge is 2.50. The molecule has 1 aliphatic carbocycles. The quantitative estimate of drug-likeness (QED) is 0.589. The average Bonchev–Trinajstić information content (AvgIpc) is 3.37. The highest BCUT2D eigenvalue weighted by atomic mass is 32.2. The predicted octanol–water partition coefficient (Wildman–Crippen LogP) is 4.16. The molecule has 0 radical (unpaired) electrons. The van der Waals surface area contributed by atoms with Crippen LogP contribution in [0.15, 0.2) is 22.0 Å².